The first kappa shape index (κ1) is 29.8. The third kappa shape index (κ3) is 8.91. The van der Waals surface area contributed by atoms with E-state index < -0.39 is 43.4 Å². The lowest BCUT2D eigenvalue weighted by molar-refractivity contribution is -0.598. The van der Waals surface area contributed by atoms with Crippen LogP contribution in [0.25, 0.3) is 0 Å². The summed E-state index contributed by atoms with van der Waals surface area (Å²) in [6.45, 7) is 1.82. The zero-order valence-corrected chi connectivity index (χ0v) is 23.1. The van der Waals surface area contributed by atoms with Crippen LogP contribution < -0.4 is 40.2 Å². The average molecular weight is 661 g/mol. The summed E-state index contributed by atoms with van der Waals surface area (Å²) in [5, 5.41) is -0.110. The molecular weight excluding hydrogens is 640 g/mol. The second kappa shape index (κ2) is 12.7. The highest BCUT2D eigenvalue weighted by atomic mass is 127. The first-order valence-corrected chi connectivity index (χ1v) is 13.7. The van der Waals surface area contributed by atoms with Crippen molar-refractivity contribution in [1.82, 2.24) is 0 Å². The number of rotatable bonds is 7. The van der Waals surface area contributed by atoms with Crippen LogP contribution in [-0.2, 0) is 10.1 Å². The van der Waals surface area contributed by atoms with Crippen molar-refractivity contribution in [1.29, 1.82) is 0 Å². The van der Waals surface area contributed by atoms with Gasteiger partial charge in [-0.15, -0.1) is 13.2 Å². The molecule has 7 nitrogen and oxygen atoms in total. The predicted molar refractivity (Wildman–Crippen MR) is 121 cm³/mol. The lowest BCUT2D eigenvalue weighted by Crippen LogP contribution is -3.61. The minimum atomic E-state index is -4.79. The fourth-order valence-corrected chi connectivity index (χ4v) is 6.22. The molecule has 0 aromatic heterocycles. The molecule has 3 aromatic rings. The van der Waals surface area contributed by atoms with Gasteiger partial charge in [-0.1, -0.05) is 29.3 Å². The SMILES string of the molecule is COc1cc(OC)c([I+]c2ccc(OC(F)(F)F)c(Cl)c2)c(OC)c1.Cc1ccc(S(=O)(=O)[O-])cc1. The van der Waals surface area contributed by atoms with Gasteiger partial charge in [0, 0.05) is 18.2 Å². The van der Waals surface area contributed by atoms with Gasteiger partial charge < -0.3 is 23.5 Å². The Morgan fingerprint density at radius 1 is 0.861 bits per heavy atom. The number of methoxy groups -OCH3 is 3. The Hall–Kier alpha value is -2.42. The Morgan fingerprint density at radius 3 is 1.83 bits per heavy atom. The van der Waals surface area contributed by atoms with Crippen molar-refractivity contribution in [3.8, 4) is 23.0 Å². The maximum atomic E-state index is 12.3. The van der Waals surface area contributed by atoms with Crippen molar-refractivity contribution in [3.63, 3.8) is 0 Å². The monoisotopic (exact) mass is 660 g/mol. The van der Waals surface area contributed by atoms with E-state index in [1.54, 1.807) is 30.3 Å². The minimum absolute atomic E-state index is 0.110. The molecular formula is C23H21ClF3IO7S. The van der Waals surface area contributed by atoms with Crippen LogP contribution in [0.15, 0.2) is 59.5 Å². The Bertz CT molecular complexity index is 1260. The van der Waals surface area contributed by atoms with Gasteiger partial charge in [0.25, 0.3) is 3.57 Å². The first-order chi connectivity index (χ1) is 16.8. The maximum Gasteiger partial charge on any atom is 0.573 e. The van der Waals surface area contributed by atoms with E-state index in [9.17, 15) is 26.1 Å². The van der Waals surface area contributed by atoms with Crippen LogP contribution in [0, 0.1) is 14.1 Å². The fourth-order valence-electron chi connectivity index (χ4n) is 2.61. The highest BCUT2D eigenvalue weighted by Crippen LogP contribution is 2.30. The largest absolute Gasteiger partial charge is 0.744 e. The van der Waals surface area contributed by atoms with Crippen LogP contribution in [0.4, 0.5) is 13.2 Å². The molecule has 196 valence electrons. The molecule has 0 radical (unpaired) electrons. The first-order valence-electron chi connectivity index (χ1n) is 9.80. The molecule has 0 bridgehead atoms. The Kier molecular flexibility index (Phi) is 10.5. The van der Waals surface area contributed by atoms with Gasteiger partial charge in [0.15, 0.2) is 15.1 Å². The van der Waals surface area contributed by atoms with Crippen LogP contribution in [0.2, 0.25) is 5.02 Å². The van der Waals surface area contributed by atoms with Gasteiger partial charge in [-0.05, 0) is 31.2 Å². The number of alkyl halides is 3. The molecule has 0 unspecified atom stereocenters. The van der Waals surface area contributed by atoms with Crippen molar-refractivity contribution in [2.45, 2.75) is 18.2 Å². The molecule has 0 fully saturated rings. The Labute approximate surface area is 222 Å². The number of aryl methyl sites for hydroxylation is 1. The van der Waals surface area contributed by atoms with E-state index in [1.165, 1.54) is 45.6 Å². The molecule has 0 aliphatic heterocycles. The molecule has 0 aliphatic rings. The molecule has 0 spiro atoms. The van der Waals surface area contributed by atoms with Crippen LogP contribution in [0.5, 0.6) is 23.0 Å². The highest BCUT2D eigenvalue weighted by Gasteiger charge is 2.33. The third-order valence-electron chi connectivity index (χ3n) is 4.29. The van der Waals surface area contributed by atoms with Gasteiger partial charge in [-0.2, -0.15) is 0 Å². The van der Waals surface area contributed by atoms with Crippen molar-refractivity contribution in [2.75, 3.05) is 21.3 Å². The molecule has 0 amide bonds. The maximum absolute atomic E-state index is 12.3. The van der Waals surface area contributed by atoms with Gasteiger partial charge in [-0.3, -0.25) is 0 Å². The van der Waals surface area contributed by atoms with Crippen molar-refractivity contribution in [3.05, 3.63) is 72.3 Å². The predicted octanol–water partition coefficient (Wildman–Crippen LogP) is 2.29. The summed E-state index contributed by atoms with van der Waals surface area (Å²) in [4.78, 5) is -0.178. The summed E-state index contributed by atoms with van der Waals surface area (Å²) in [6, 6.07) is 13.4. The van der Waals surface area contributed by atoms with E-state index in [0.29, 0.717) is 17.2 Å². The van der Waals surface area contributed by atoms with Gasteiger partial charge in [0.2, 0.25) is 0 Å². The number of hydrogen-bond donors (Lipinski definition) is 0. The molecule has 0 heterocycles. The molecule has 13 heteroatoms. The molecule has 0 saturated carbocycles. The van der Waals surface area contributed by atoms with Gasteiger partial charge in [0.1, 0.15) is 21.6 Å². The summed E-state index contributed by atoms with van der Waals surface area (Å²) in [5.74, 6) is 1.30. The second-order valence-corrected chi connectivity index (χ2v) is 11.5. The van der Waals surface area contributed by atoms with Crippen LogP contribution >= 0.6 is 11.6 Å². The summed E-state index contributed by atoms with van der Waals surface area (Å²) in [7, 11) is 0.305. The standard InChI is InChI=1S/C16H14ClF3IO4.C7H8O3S/c1-22-10-7-13(23-2)15(14(8-10)24-3)21-9-4-5-12(11(17)6-9)25-16(18,19)20;1-6-2-4-7(5-3-6)11(8,9)10/h4-8H,1-3H3;2-5H,1H3,(H,8,9,10)/q+1;/p-1. The molecule has 0 atom stereocenters. The Balaban J connectivity index is 0.000000346. The fraction of sp³-hybridized carbons (Fsp3) is 0.217. The van der Waals surface area contributed by atoms with Gasteiger partial charge >= 0.3 is 27.6 Å². The molecule has 3 rings (SSSR count). The van der Waals surface area contributed by atoms with Gasteiger partial charge in [0.05, 0.1) is 31.2 Å². The molecule has 0 N–H and O–H groups in total. The van der Waals surface area contributed by atoms with E-state index >= 15 is 0 Å². The molecule has 0 saturated heterocycles. The number of hydrogen-bond acceptors (Lipinski definition) is 7. The van der Waals surface area contributed by atoms with E-state index in [1.807, 2.05) is 6.92 Å². The summed E-state index contributed by atoms with van der Waals surface area (Å²) in [6.07, 6.45) is -4.79. The summed E-state index contributed by atoms with van der Waals surface area (Å²) in [5.41, 5.74) is 0.928. The van der Waals surface area contributed by atoms with Gasteiger partial charge in [-0.25, -0.2) is 8.42 Å². The quantitative estimate of drug-likeness (QED) is 0.284. The average Bonchev–Trinajstić information content (AvgIpc) is 2.80. The Morgan fingerprint density at radius 2 is 1.42 bits per heavy atom. The second-order valence-electron chi connectivity index (χ2n) is 6.83. The zero-order chi connectivity index (χ0) is 27.1. The molecule has 0 aliphatic carbocycles. The summed E-state index contributed by atoms with van der Waals surface area (Å²) >= 11 is 5.07. The topological polar surface area (TPSA) is 94.1 Å². The zero-order valence-electron chi connectivity index (χ0n) is 19.4. The normalized spacial score (nSPS) is 11.2. The molecule has 36 heavy (non-hydrogen) atoms. The van der Waals surface area contributed by atoms with Crippen LogP contribution in [0.1, 0.15) is 5.56 Å². The lowest BCUT2D eigenvalue weighted by Gasteiger charge is -2.10. The third-order valence-corrected chi connectivity index (χ3v) is 8.33. The number of ether oxygens (including phenoxy) is 4. The number of benzene rings is 3. The number of halogens is 5. The summed E-state index contributed by atoms with van der Waals surface area (Å²) < 4.78 is 89.6. The minimum Gasteiger partial charge on any atom is -0.744 e. The van der Waals surface area contributed by atoms with E-state index in [0.717, 1.165) is 12.7 Å². The van der Waals surface area contributed by atoms with Crippen LogP contribution in [0.3, 0.4) is 0 Å². The molecule has 3 aromatic carbocycles. The van der Waals surface area contributed by atoms with E-state index in [2.05, 4.69) is 4.74 Å². The van der Waals surface area contributed by atoms with E-state index in [-0.39, 0.29) is 9.92 Å². The lowest BCUT2D eigenvalue weighted by atomic mass is 10.2. The van der Waals surface area contributed by atoms with Crippen LogP contribution in [-0.4, -0.2) is 40.7 Å². The van der Waals surface area contributed by atoms with Crippen molar-refractivity contribution < 1.29 is 66.3 Å². The smallest absolute Gasteiger partial charge is 0.573 e. The van der Waals surface area contributed by atoms with E-state index in [4.69, 9.17) is 25.8 Å². The van der Waals surface area contributed by atoms with Crippen molar-refractivity contribution in [2.24, 2.45) is 0 Å². The van der Waals surface area contributed by atoms with Crippen molar-refractivity contribution >= 4 is 21.7 Å². The highest BCUT2D eigenvalue weighted by molar-refractivity contribution is 7.85.